The van der Waals surface area contributed by atoms with Gasteiger partial charge in [0, 0.05) is 6.61 Å². The third kappa shape index (κ3) is 9.17. The van der Waals surface area contributed by atoms with Crippen molar-refractivity contribution in [2.75, 3.05) is 32.8 Å². The first kappa shape index (κ1) is 18.3. The van der Waals surface area contributed by atoms with Gasteiger partial charge >= 0.3 is 0 Å². The number of aliphatic hydroxyl groups excluding tert-OH is 1. The van der Waals surface area contributed by atoms with Crippen LogP contribution in [0.4, 0.5) is 0 Å². The molecule has 0 aromatic heterocycles. The van der Waals surface area contributed by atoms with E-state index >= 15 is 0 Å². The summed E-state index contributed by atoms with van der Waals surface area (Å²) in [5.74, 6) is 0. The Morgan fingerprint density at radius 2 is 0.812 bits per heavy atom. The molecular formula is C14H34NO+. The van der Waals surface area contributed by atoms with Gasteiger partial charge < -0.3 is 9.59 Å². The average molecular weight is 232 g/mol. The van der Waals surface area contributed by atoms with Gasteiger partial charge in [-0.3, -0.25) is 0 Å². The summed E-state index contributed by atoms with van der Waals surface area (Å²) in [6.45, 7) is 16.7. The summed E-state index contributed by atoms with van der Waals surface area (Å²) in [5.41, 5.74) is 0. The van der Waals surface area contributed by atoms with E-state index in [1.165, 1.54) is 56.3 Å². The molecule has 0 amide bonds. The van der Waals surface area contributed by atoms with Crippen LogP contribution in [0.5, 0.6) is 0 Å². The first-order valence-corrected chi connectivity index (χ1v) is 7.12. The van der Waals surface area contributed by atoms with E-state index in [0.717, 1.165) is 0 Å². The van der Waals surface area contributed by atoms with Gasteiger partial charge in [-0.05, 0) is 32.6 Å². The standard InChI is InChI=1S/C12H28N.C2H6O/c1-5-9-13(10-6-2,11-7-3)12-8-4;1-2-3/h5-12H2,1-4H3;3H,2H2,1H3/q+1;. The normalized spacial score (nSPS) is 10.9. The van der Waals surface area contributed by atoms with Crippen molar-refractivity contribution in [3.8, 4) is 0 Å². The predicted molar refractivity (Wildman–Crippen MR) is 73.7 cm³/mol. The Balaban J connectivity index is 0. The third-order valence-corrected chi connectivity index (χ3v) is 2.79. The van der Waals surface area contributed by atoms with E-state index in [4.69, 9.17) is 5.11 Å². The second-order valence-electron chi connectivity index (χ2n) is 4.55. The fourth-order valence-electron chi connectivity index (χ4n) is 2.57. The number of hydrogen-bond acceptors (Lipinski definition) is 1. The first-order chi connectivity index (χ1) is 7.66. The van der Waals surface area contributed by atoms with E-state index in [2.05, 4.69) is 27.7 Å². The molecule has 0 aliphatic heterocycles. The molecule has 0 radical (unpaired) electrons. The number of nitrogens with zero attached hydrogens (tertiary/aromatic N) is 1. The summed E-state index contributed by atoms with van der Waals surface area (Å²) in [5, 5.41) is 7.57. The molecule has 0 atom stereocenters. The molecule has 0 aromatic carbocycles. The van der Waals surface area contributed by atoms with Crippen molar-refractivity contribution in [1.82, 2.24) is 0 Å². The zero-order chi connectivity index (χ0) is 12.9. The Morgan fingerprint density at radius 3 is 0.938 bits per heavy atom. The Hall–Kier alpha value is -0.0800. The van der Waals surface area contributed by atoms with Crippen molar-refractivity contribution in [1.29, 1.82) is 0 Å². The molecular weight excluding hydrogens is 198 g/mol. The summed E-state index contributed by atoms with van der Waals surface area (Å²) in [6.07, 6.45) is 5.33. The van der Waals surface area contributed by atoms with E-state index in [1.807, 2.05) is 0 Å². The third-order valence-electron chi connectivity index (χ3n) is 2.79. The molecule has 2 nitrogen and oxygen atoms in total. The molecule has 0 bridgehead atoms. The summed E-state index contributed by atoms with van der Waals surface area (Å²) in [6, 6.07) is 0. The molecule has 0 fully saturated rings. The van der Waals surface area contributed by atoms with Gasteiger partial charge in [0.25, 0.3) is 0 Å². The molecule has 0 aliphatic rings. The molecule has 0 aliphatic carbocycles. The lowest BCUT2D eigenvalue weighted by Gasteiger charge is -2.38. The van der Waals surface area contributed by atoms with Gasteiger partial charge in [-0.25, -0.2) is 0 Å². The van der Waals surface area contributed by atoms with Crippen molar-refractivity contribution in [2.24, 2.45) is 0 Å². The molecule has 0 unspecified atom stereocenters. The Labute approximate surface area is 103 Å². The molecule has 16 heavy (non-hydrogen) atoms. The van der Waals surface area contributed by atoms with E-state index in [0.29, 0.717) is 0 Å². The van der Waals surface area contributed by atoms with Crippen LogP contribution < -0.4 is 0 Å². The lowest BCUT2D eigenvalue weighted by molar-refractivity contribution is -0.928. The summed E-state index contributed by atoms with van der Waals surface area (Å²) in [4.78, 5) is 0. The van der Waals surface area contributed by atoms with Gasteiger partial charge in [0.1, 0.15) is 0 Å². The van der Waals surface area contributed by atoms with E-state index < -0.39 is 0 Å². The highest BCUT2D eigenvalue weighted by atomic mass is 16.2. The number of quaternary nitrogens is 1. The maximum absolute atomic E-state index is 7.57. The number of hydrogen-bond donors (Lipinski definition) is 1. The molecule has 0 aromatic rings. The largest absolute Gasteiger partial charge is 0.397 e. The highest BCUT2D eigenvalue weighted by Gasteiger charge is 2.22. The van der Waals surface area contributed by atoms with Crippen molar-refractivity contribution in [3.05, 3.63) is 0 Å². The maximum Gasteiger partial charge on any atom is 0.0783 e. The van der Waals surface area contributed by atoms with Crippen LogP contribution >= 0.6 is 0 Å². The lowest BCUT2D eigenvalue weighted by atomic mass is 10.2. The zero-order valence-electron chi connectivity index (χ0n) is 12.3. The Morgan fingerprint density at radius 1 is 0.625 bits per heavy atom. The average Bonchev–Trinajstić information content (AvgIpc) is 2.20. The van der Waals surface area contributed by atoms with Crippen LogP contribution in [0.2, 0.25) is 0 Å². The van der Waals surface area contributed by atoms with Crippen LogP contribution in [0.1, 0.15) is 60.3 Å². The van der Waals surface area contributed by atoms with Gasteiger partial charge in [0.15, 0.2) is 0 Å². The fraction of sp³-hybridized carbons (Fsp3) is 1.00. The minimum atomic E-state index is 0.250. The van der Waals surface area contributed by atoms with Crippen LogP contribution in [0.3, 0.4) is 0 Å². The first-order valence-electron chi connectivity index (χ1n) is 7.12. The van der Waals surface area contributed by atoms with E-state index in [-0.39, 0.29) is 6.61 Å². The van der Waals surface area contributed by atoms with Crippen LogP contribution in [-0.4, -0.2) is 42.4 Å². The Kier molecular flexibility index (Phi) is 14.8. The quantitative estimate of drug-likeness (QED) is 0.636. The molecule has 0 saturated carbocycles. The summed E-state index contributed by atoms with van der Waals surface area (Å²) in [7, 11) is 0. The molecule has 0 saturated heterocycles. The predicted octanol–water partition coefficient (Wildman–Crippen LogP) is 3.44. The molecule has 0 rings (SSSR count). The van der Waals surface area contributed by atoms with Gasteiger partial charge in [-0.1, -0.05) is 27.7 Å². The van der Waals surface area contributed by atoms with E-state index in [1.54, 1.807) is 6.92 Å². The number of aliphatic hydroxyl groups is 1. The van der Waals surface area contributed by atoms with Gasteiger partial charge in [0.2, 0.25) is 0 Å². The van der Waals surface area contributed by atoms with Gasteiger partial charge in [0.05, 0.1) is 26.2 Å². The molecule has 100 valence electrons. The molecule has 0 heterocycles. The number of rotatable bonds is 8. The van der Waals surface area contributed by atoms with Crippen LogP contribution in [0.15, 0.2) is 0 Å². The SMILES string of the molecule is CCC[N+](CCC)(CCC)CCC.CCO. The van der Waals surface area contributed by atoms with E-state index in [9.17, 15) is 0 Å². The van der Waals surface area contributed by atoms with Gasteiger partial charge in [-0.15, -0.1) is 0 Å². The zero-order valence-corrected chi connectivity index (χ0v) is 12.3. The second-order valence-corrected chi connectivity index (χ2v) is 4.55. The highest BCUT2D eigenvalue weighted by Crippen LogP contribution is 2.12. The monoisotopic (exact) mass is 232 g/mol. The summed E-state index contributed by atoms with van der Waals surface area (Å²) >= 11 is 0. The van der Waals surface area contributed by atoms with Crippen LogP contribution in [0.25, 0.3) is 0 Å². The Bertz CT molecular complexity index is 96.4. The second kappa shape index (κ2) is 13.0. The van der Waals surface area contributed by atoms with Crippen molar-refractivity contribution in [3.63, 3.8) is 0 Å². The topological polar surface area (TPSA) is 20.2 Å². The summed E-state index contributed by atoms with van der Waals surface area (Å²) < 4.78 is 1.38. The minimum absolute atomic E-state index is 0.250. The fourth-order valence-corrected chi connectivity index (χ4v) is 2.57. The minimum Gasteiger partial charge on any atom is -0.397 e. The molecule has 1 N–H and O–H groups in total. The lowest BCUT2D eigenvalue weighted by Crippen LogP contribution is -2.50. The van der Waals surface area contributed by atoms with Crippen molar-refractivity contribution < 1.29 is 9.59 Å². The highest BCUT2D eigenvalue weighted by molar-refractivity contribution is 4.43. The van der Waals surface area contributed by atoms with Gasteiger partial charge in [-0.2, -0.15) is 0 Å². The van der Waals surface area contributed by atoms with Crippen LogP contribution in [0, 0.1) is 0 Å². The van der Waals surface area contributed by atoms with Crippen molar-refractivity contribution >= 4 is 0 Å². The molecule has 2 heteroatoms. The van der Waals surface area contributed by atoms with Crippen molar-refractivity contribution in [2.45, 2.75) is 60.3 Å². The van der Waals surface area contributed by atoms with Crippen LogP contribution in [-0.2, 0) is 0 Å². The maximum atomic E-state index is 7.57. The molecule has 0 spiro atoms. The smallest absolute Gasteiger partial charge is 0.0783 e.